The third-order valence-corrected chi connectivity index (χ3v) is 2.93. The van der Waals surface area contributed by atoms with Crippen molar-refractivity contribution in [3.8, 4) is 0 Å². The monoisotopic (exact) mass is 316 g/mol. The van der Waals surface area contributed by atoms with Crippen molar-refractivity contribution in [1.29, 1.82) is 0 Å². The number of benzene rings is 1. The molecule has 0 saturated heterocycles. The maximum Gasteiger partial charge on any atom is 0.234 e. The summed E-state index contributed by atoms with van der Waals surface area (Å²) in [6, 6.07) is 4.95. The maximum absolute atomic E-state index is 13.6. The number of nitrogens with zero attached hydrogens (tertiary/aromatic N) is 1. The highest BCUT2D eigenvalue weighted by Crippen LogP contribution is 2.16. The summed E-state index contributed by atoms with van der Waals surface area (Å²) >= 11 is 3.21. The highest BCUT2D eigenvalue weighted by Gasteiger charge is 2.09. The van der Waals surface area contributed by atoms with E-state index in [9.17, 15) is 9.18 Å². The van der Waals surface area contributed by atoms with Crippen molar-refractivity contribution < 1.29 is 9.18 Å². The lowest BCUT2D eigenvalue weighted by Gasteiger charge is -2.16. The fourth-order valence-corrected chi connectivity index (χ4v) is 1.90. The molecule has 0 aliphatic heterocycles. The predicted octanol–water partition coefficient (Wildman–Crippen LogP) is 2.55. The molecule has 0 heterocycles. The van der Waals surface area contributed by atoms with Gasteiger partial charge in [-0.05, 0) is 25.6 Å². The molecule has 0 bridgehead atoms. The van der Waals surface area contributed by atoms with Gasteiger partial charge in [-0.2, -0.15) is 0 Å². The molecule has 3 nitrogen and oxygen atoms in total. The van der Waals surface area contributed by atoms with Gasteiger partial charge in [0, 0.05) is 23.1 Å². The van der Waals surface area contributed by atoms with E-state index >= 15 is 0 Å². The van der Waals surface area contributed by atoms with Gasteiger partial charge in [0.05, 0.1) is 6.54 Å². The number of nitrogens with one attached hydrogen (secondary N) is 1. The summed E-state index contributed by atoms with van der Waals surface area (Å²) in [6.45, 7) is 3.37. The van der Waals surface area contributed by atoms with Gasteiger partial charge >= 0.3 is 0 Å². The van der Waals surface area contributed by atoms with Crippen LogP contribution in [0.3, 0.4) is 0 Å². The van der Waals surface area contributed by atoms with E-state index in [4.69, 9.17) is 0 Å². The molecule has 1 amide bonds. The van der Waals surface area contributed by atoms with E-state index in [0.29, 0.717) is 23.1 Å². The van der Waals surface area contributed by atoms with Crippen LogP contribution in [-0.4, -0.2) is 30.9 Å². The van der Waals surface area contributed by atoms with E-state index in [2.05, 4.69) is 21.2 Å². The summed E-state index contributed by atoms with van der Waals surface area (Å²) in [5.74, 6) is -0.290. The Labute approximate surface area is 115 Å². The van der Waals surface area contributed by atoms with Crippen molar-refractivity contribution in [2.75, 3.05) is 20.1 Å². The van der Waals surface area contributed by atoms with Crippen molar-refractivity contribution in [2.24, 2.45) is 0 Å². The second-order valence-electron chi connectivity index (χ2n) is 4.26. The third kappa shape index (κ3) is 5.14. The Kier molecular flexibility index (Phi) is 6.29. The highest BCUT2D eigenvalue weighted by atomic mass is 79.9. The van der Waals surface area contributed by atoms with Crippen molar-refractivity contribution in [3.05, 3.63) is 34.1 Å². The molecule has 0 aliphatic carbocycles. The third-order valence-electron chi connectivity index (χ3n) is 2.44. The Morgan fingerprint density at radius 3 is 2.83 bits per heavy atom. The van der Waals surface area contributed by atoms with E-state index in [1.165, 1.54) is 6.07 Å². The summed E-state index contributed by atoms with van der Waals surface area (Å²) in [6.07, 6.45) is 0.913. The van der Waals surface area contributed by atoms with Gasteiger partial charge in [0.15, 0.2) is 0 Å². The summed E-state index contributed by atoms with van der Waals surface area (Å²) < 4.78 is 14.3. The quantitative estimate of drug-likeness (QED) is 0.874. The van der Waals surface area contributed by atoms with E-state index in [1.807, 2.05) is 6.92 Å². The molecule has 0 spiro atoms. The SMILES string of the molecule is CCCNC(=O)CN(C)Cc1ccc(Br)cc1F. The molecule has 18 heavy (non-hydrogen) atoms. The van der Waals surface area contributed by atoms with Gasteiger partial charge in [0.2, 0.25) is 5.91 Å². The van der Waals surface area contributed by atoms with E-state index in [1.54, 1.807) is 24.1 Å². The number of likely N-dealkylation sites (N-methyl/N-ethyl adjacent to an activating group) is 1. The summed E-state index contributed by atoms with van der Waals surface area (Å²) in [5.41, 5.74) is 0.587. The molecule has 0 unspecified atom stereocenters. The van der Waals surface area contributed by atoms with Gasteiger partial charge in [-0.1, -0.05) is 28.9 Å². The van der Waals surface area contributed by atoms with Gasteiger partial charge in [0.1, 0.15) is 5.82 Å². The minimum Gasteiger partial charge on any atom is -0.355 e. The van der Waals surface area contributed by atoms with Crippen LogP contribution < -0.4 is 5.32 Å². The molecular weight excluding hydrogens is 299 g/mol. The molecule has 0 atom stereocenters. The number of carbonyl (C=O) groups excluding carboxylic acids is 1. The van der Waals surface area contributed by atoms with Gasteiger partial charge in [-0.3, -0.25) is 9.69 Å². The number of hydrogen-bond acceptors (Lipinski definition) is 2. The van der Waals surface area contributed by atoms with Crippen LogP contribution in [0.25, 0.3) is 0 Å². The first-order valence-corrected chi connectivity index (χ1v) is 6.71. The number of rotatable bonds is 6. The molecule has 0 aliphatic rings. The van der Waals surface area contributed by atoms with E-state index < -0.39 is 0 Å². The molecule has 0 saturated carbocycles. The number of amides is 1. The largest absolute Gasteiger partial charge is 0.355 e. The Bertz CT molecular complexity index is 412. The molecule has 5 heteroatoms. The lowest BCUT2D eigenvalue weighted by Crippen LogP contribution is -2.35. The van der Waals surface area contributed by atoms with Gasteiger partial charge in [0.25, 0.3) is 0 Å². The smallest absolute Gasteiger partial charge is 0.234 e. The molecule has 1 aromatic rings. The molecule has 0 fully saturated rings. The molecule has 0 radical (unpaired) electrons. The van der Waals surface area contributed by atoms with Crippen molar-refractivity contribution in [2.45, 2.75) is 19.9 Å². The summed E-state index contributed by atoms with van der Waals surface area (Å²) in [5, 5.41) is 2.79. The molecule has 0 aromatic heterocycles. The standard InChI is InChI=1S/C13H18BrFN2O/c1-3-6-16-13(18)9-17(2)8-10-4-5-11(14)7-12(10)15/h4-5,7H,3,6,8-9H2,1-2H3,(H,16,18). The topological polar surface area (TPSA) is 32.3 Å². The molecule has 100 valence electrons. The Morgan fingerprint density at radius 2 is 2.22 bits per heavy atom. The van der Waals surface area contributed by atoms with Crippen LogP contribution in [0.15, 0.2) is 22.7 Å². The fraction of sp³-hybridized carbons (Fsp3) is 0.462. The number of carbonyl (C=O) groups is 1. The Morgan fingerprint density at radius 1 is 1.50 bits per heavy atom. The van der Waals surface area contributed by atoms with Gasteiger partial charge < -0.3 is 5.32 Å². The van der Waals surface area contributed by atoms with Crippen LogP contribution in [-0.2, 0) is 11.3 Å². The Balaban J connectivity index is 2.48. The second kappa shape index (κ2) is 7.48. The van der Waals surface area contributed by atoms with Crippen LogP contribution in [0.1, 0.15) is 18.9 Å². The van der Waals surface area contributed by atoms with Gasteiger partial charge in [-0.25, -0.2) is 4.39 Å². The lowest BCUT2D eigenvalue weighted by molar-refractivity contribution is -0.122. The van der Waals surface area contributed by atoms with Crippen LogP contribution in [0.5, 0.6) is 0 Å². The normalized spacial score (nSPS) is 10.7. The average molecular weight is 317 g/mol. The van der Waals surface area contributed by atoms with Crippen LogP contribution in [0.4, 0.5) is 4.39 Å². The molecule has 1 aromatic carbocycles. The second-order valence-corrected chi connectivity index (χ2v) is 5.17. The van der Waals surface area contributed by atoms with Crippen LogP contribution >= 0.6 is 15.9 Å². The average Bonchev–Trinajstić information content (AvgIpc) is 2.30. The van der Waals surface area contributed by atoms with Crippen LogP contribution in [0.2, 0.25) is 0 Å². The predicted molar refractivity (Wildman–Crippen MR) is 73.7 cm³/mol. The zero-order valence-electron chi connectivity index (χ0n) is 10.7. The molecule has 1 rings (SSSR count). The van der Waals surface area contributed by atoms with E-state index in [0.717, 1.165) is 6.42 Å². The first-order chi connectivity index (χ1) is 8.52. The first kappa shape index (κ1) is 15.1. The lowest BCUT2D eigenvalue weighted by atomic mass is 10.2. The zero-order valence-corrected chi connectivity index (χ0v) is 12.3. The van der Waals surface area contributed by atoms with Gasteiger partial charge in [-0.15, -0.1) is 0 Å². The fourth-order valence-electron chi connectivity index (χ4n) is 1.56. The maximum atomic E-state index is 13.6. The molecule has 1 N–H and O–H groups in total. The van der Waals surface area contributed by atoms with E-state index in [-0.39, 0.29) is 18.3 Å². The number of halogens is 2. The summed E-state index contributed by atoms with van der Waals surface area (Å²) in [4.78, 5) is 13.3. The zero-order chi connectivity index (χ0) is 13.5. The summed E-state index contributed by atoms with van der Waals surface area (Å²) in [7, 11) is 1.80. The van der Waals surface area contributed by atoms with Crippen molar-refractivity contribution >= 4 is 21.8 Å². The highest BCUT2D eigenvalue weighted by molar-refractivity contribution is 9.10. The minimum atomic E-state index is -0.259. The minimum absolute atomic E-state index is 0.0307. The Hall–Kier alpha value is -0.940. The van der Waals surface area contributed by atoms with Crippen molar-refractivity contribution in [3.63, 3.8) is 0 Å². The number of hydrogen-bond donors (Lipinski definition) is 1. The van der Waals surface area contributed by atoms with Crippen LogP contribution in [0, 0.1) is 5.82 Å². The van der Waals surface area contributed by atoms with Crippen molar-refractivity contribution in [1.82, 2.24) is 10.2 Å². The molecular formula is C13H18BrFN2O. The first-order valence-electron chi connectivity index (χ1n) is 5.92.